The van der Waals surface area contributed by atoms with Crippen molar-refractivity contribution in [3.05, 3.63) is 0 Å². The van der Waals surface area contributed by atoms with Crippen LogP contribution in [0.1, 0.15) is 13.3 Å². The van der Waals surface area contributed by atoms with Crippen molar-refractivity contribution in [2.45, 2.75) is 31.5 Å². The van der Waals surface area contributed by atoms with Gasteiger partial charge in [0, 0.05) is 0 Å². The largest absolute Gasteiger partial charge is 0.480 e. The monoisotopic (exact) mass is 290 g/mol. The fraction of sp³-hybridized carbons (Fsp3) is 0.600. The molecule has 8 N–H and O–H groups in total. The molecule has 0 rings (SSSR count). The maximum atomic E-state index is 11.6. The second-order valence-corrected chi connectivity index (χ2v) is 4.09. The summed E-state index contributed by atoms with van der Waals surface area (Å²) in [7, 11) is 0. The minimum Gasteiger partial charge on any atom is -0.480 e. The zero-order valence-electron chi connectivity index (χ0n) is 10.8. The third-order valence-corrected chi connectivity index (χ3v) is 2.30. The van der Waals surface area contributed by atoms with E-state index >= 15 is 0 Å². The fourth-order valence-electron chi connectivity index (χ4n) is 1.16. The minimum atomic E-state index is -1.37. The lowest BCUT2D eigenvalue weighted by molar-refractivity contribution is -0.142. The maximum absolute atomic E-state index is 11.6. The quantitative estimate of drug-likeness (QED) is 0.265. The van der Waals surface area contributed by atoms with E-state index in [0.717, 1.165) is 0 Å². The molecule has 0 spiro atoms. The van der Waals surface area contributed by atoms with Crippen molar-refractivity contribution < 1.29 is 29.4 Å². The van der Waals surface area contributed by atoms with Crippen LogP contribution in [0.5, 0.6) is 0 Å². The van der Waals surface area contributed by atoms with E-state index < -0.39 is 54.8 Å². The number of aliphatic hydroxyl groups excluding tert-OH is 1. The smallest absolute Gasteiger partial charge is 0.325 e. The number of hydrogen-bond donors (Lipinski definition) is 6. The van der Waals surface area contributed by atoms with Crippen molar-refractivity contribution in [3.8, 4) is 0 Å². The average Bonchev–Trinajstić information content (AvgIpc) is 2.34. The summed E-state index contributed by atoms with van der Waals surface area (Å²) in [5.41, 5.74) is 10.2. The number of carboxylic acid groups (broad SMARTS) is 1. The molecule has 114 valence electrons. The molecule has 0 saturated heterocycles. The number of aliphatic carboxylic acids is 1. The maximum Gasteiger partial charge on any atom is 0.325 e. The number of aliphatic hydroxyl groups is 1. The Kier molecular flexibility index (Phi) is 7.18. The molecule has 10 heteroatoms. The number of primary amides is 1. The Bertz CT molecular complexity index is 399. The summed E-state index contributed by atoms with van der Waals surface area (Å²) in [4.78, 5) is 44.3. The molecule has 0 aromatic carbocycles. The van der Waals surface area contributed by atoms with Crippen LogP contribution in [0.3, 0.4) is 0 Å². The van der Waals surface area contributed by atoms with Crippen LogP contribution >= 0.6 is 0 Å². The number of carboxylic acids is 1. The topological polar surface area (TPSA) is 185 Å². The van der Waals surface area contributed by atoms with E-state index in [4.69, 9.17) is 21.7 Å². The fourth-order valence-corrected chi connectivity index (χ4v) is 1.16. The zero-order chi connectivity index (χ0) is 15.9. The standard InChI is InChI=1S/C10H18N4O6/c1-4(10(19)20)13-9(18)6(3-15)14-8(17)5(11)2-7(12)16/h4-6,15H,2-3,11H2,1H3,(H2,12,16)(H,13,18)(H,14,17)(H,19,20)/t4-,5-,6-/m0/s1. The molecule has 0 radical (unpaired) electrons. The van der Waals surface area contributed by atoms with Gasteiger partial charge in [-0.2, -0.15) is 0 Å². The van der Waals surface area contributed by atoms with Crippen LogP contribution in [0.25, 0.3) is 0 Å². The Balaban J connectivity index is 4.53. The van der Waals surface area contributed by atoms with Gasteiger partial charge in [0.15, 0.2) is 0 Å². The number of nitrogens with one attached hydrogen (secondary N) is 2. The van der Waals surface area contributed by atoms with E-state index in [2.05, 4.69) is 10.6 Å². The summed E-state index contributed by atoms with van der Waals surface area (Å²) in [6, 6.07) is -3.82. The van der Waals surface area contributed by atoms with Crippen molar-refractivity contribution in [3.63, 3.8) is 0 Å². The molecule has 3 amide bonds. The van der Waals surface area contributed by atoms with Gasteiger partial charge < -0.3 is 32.3 Å². The molecule has 0 aliphatic heterocycles. The van der Waals surface area contributed by atoms with Gasteiger partial charge in [0.05, 0.1) is 19.1 Å². The van der Waals surface area contributed by atoms with Crippen LogP contribution in [-0.2, 0) is 19.2 Å². The van der Waals surface area contributed by atoms with E-state index in [1.165, 1.54) is 6.92 Å². The molecular weight excluding hydrogens is 272 g/mol. The molecule has 0 bridgehead atoms. The Hall–Kier alpha value is -2.20. The molecule has 3 atom stereocenters. The van der Waals surface area contributed by atoms with Gasteiger partial charge in [-0.15, -0.1) is 0 Å². The van der Waals surface area contributed by atoms with Gasteiger partial charge in [0.25, 0.3) is 0 Å². The lowest BCUT2D eigenvalue weighted by Crippen LogP contribution is -2.55. The van der Waals surface area contributed by atoms with E-state index in [1.54, 1.807) is 0 Å². The van der Waals surface area contributed by atoms with Crippen molar-refractivity contribution in [2.75, 3.05) is 6.61 Å². The first kappa shape index (κ1) is 17.8. The van der Waals surface area contributed by atoms with Crippen molar-refractivity contribution in [1.29, 1.82) is 0 Å². The van der Waals surface area contributed by atoms with E-state index in [-0.39, 0.29) is 0 Å². The van der Waals surface area contributed by atoms with E-state index in [1.807, 2.05) is 0 Å². The summed E-state index contributed by atoms with van der Waals surface area (Å²) in [5.74, 6) is -3.81. The van der Waals surface area contributed by atoms with Gasteiger partial charge in [0.1, 0.15) is 12.1 Å². The summed E-state index contributed by atoms with van der Waals surface area (Å²) in [5, 5.41) is 21.8. The highest BCUT2D eigenvalue weighted by molar-refractivity contribution is 5.93. The van der Waals surface area contributed by atoms with Gasteiger partial charge in [-0.05, 0) is 6.92 Å². The summed E-state index contributed by atoms with van der Waals surface area (Å²) >= 11 is 0. The number of carbonyl (C=O) groups excluding carboxylic acids is 3. The Morgan fingerprint density at radius 1 is 1.15 bits per heavy atom. The third-order valence-electron chi connectivity index (χ3n) is 2.30. The third kappa shape index (κ3) is 6.11. The number of amides is 3. The lowest BCUT2D eigenvalue weighted by Gasteiger charge is -2.19. The Morgan fingerprint density at radius 3 is 2.10 bits per heavy atom. The van der Waals surface area contributed by atoms with Gasteiger partial charge in [-0.25, -0.2) is 0 Å². The molecule has 10 nitrogen and oxygen atoms in total. The number of carbonyl (C=O) groups is 4. The first-order chi connectivity index (χ1) is 9.18. The number of hydrogen-bond acceptors (Lipinski definition) is 6. The van der Waals surface area contributed by atoms with E-state index in [9.17, 15) is 19.2 Å². The molecule has 0 aliphatic rings. The van der Waals surface area contributed by atoms with Crippen molar-refractivity contribution in [2.24, 2.45) is 11.5 Å². The normalized spacial score (nSPS) is 14.8. The van der Waals surface area contributed by atoms with Crippen molar-refractivity contribution >= 4 is 23.7 Å². The molecule has 0 unspecified atom stereocenters. The molecule has 0 fully saturated rings. The highest BCUT2D eigenvalue weighted by Crippen LogP contribution is 1.92. The van der Waals surface area contributed by atoms with Crippen LogP contribution in [0.2, 0.25) is 0 Å². The second-order valence-electron chi connectivity index (χ2n) is 4.09. The predicted molar refractivity (Wildman–Crippen MR) is 66.0 cm³/mol. The first-order valence-electron chi connectivity index (χ1n) is 5.67. The first-order valence-corrected chi connectivity index (χ1v) is 5.67. The molecule has 0 aliphatic carbocycles. The molecule has 0 saturated carbocycles. The van der Waals surface area contributed by atoms with Gasteiger partial charge in [-0.3, -0.25) is 19.2 Å². The summed E-state index contributed by atoms with van der Waals surface area (Å²) in [6.45, 7) is 0.461. The molecule has 0 aromatic heterocycles. The van der Waals surface area contributed by atoms with E-state index in [0.29, 0.717) is 0 Å². The molecule has 20 heavy (non-hydrogen) atoms. The highest BCUT2D eigenvalue weighted by Gasteiger charge is 2.26. The number of rotatable bonds is 8. The van der Waals surface area contributed by atoms with Crippen LogP contribution in [0, 0.1) is 0 Å². The summed E-state index contributed by atoms with van der Waals surface area (Å²) < 4.78 is 0. The molecular formula is C10H18N4O6. The van der Waals surface area contributed by atoms with Gasteiger partial charge in [0.2, 0.25) is 17.7 Å². The van der Waals surface area contributed by atoms with Crippen LogP contribution in [0.4, 0.5) is 0 Å². The second kappa shape index (κ2) is 8.07. The number of nitrogens with two attached hydrogens (primary N) is 2. The Labute approximate surface area is 114 Å². The van der Waals surface area contributed by atoms with Gasteiger partial charge >= 0.3 is 5.97 Å². The van der Waals surface area contributed by atoms with Crippen molar-refractivity contribution in [1.82, 2.24) is 10.6 Å². The van der Waals surface area contributed by atoms with Gasteiger partial charge in [-0.1, -0.05) is 0 Å². The Morgan fingerprint density at radius 2 is 1.70 bits per heavy atom. The average molecular weight is 290 g/mol. The zero-order valence-corrected chi connectivity index (χ0v) is 10.8. The predicted octanol–water partition coefficient (Wildman–Crippen LogP) is -3.74. The SMILES string of the molecule is C[C@H](NC(=O)[C@H](CO)NC(=O)[C@@H](N)CC(N)=O)C(=O)O. The van der Waals surface area contributed by atoms with Crippen LogP contribution in [-0.4, -0.2) is 58.6 Å². The summed E-state index contributed by atoms with van der Waals surface area (Å²) in [6.07, 6.45) is -0.420. The molecule has 0 heterocycles. The highest BCUT2D eigenvalue weighted by atomic mass is 16.4. The molecule has 0 aromatic rings. The van der Waals surface area contributed by atoms with Crippen LogP contribution in [0.15, 0.2) is 0 Å². The lowest BCUT2D eigenvalue weighted by atomic mass is 10.1. The minimum absolute atomic E-state index is 0.420. The van der Waals surface area contributed by atoms with Crippen LogP contribution < -0.4 is 22.1 Å².